The number of carbonyl (C=O) groups excluding carboxylic acids is 4. The number of hydroxylamine groups is 2. The number of nitrogens with one attached hydrogen (secondary N) is 1. The summed E-state index contributed by atoms with van der Waals surface area (Å²) < 4.78 is 6.10. The number of hydrogen-bond acceptors (Lipinski definition) is 8. The van der Waals surface area contributed by atoms with Gasteiger partial charge in [-0.2, -0.15) is 0 Å². The second kappa shape index (κ2) is 16.5. The number of ether oxygens (including phenoxy) is 1. The molecule has 3 saturated heterocycles. The number of amides is 4. The average Bonchev–Trinajstić information content (AvgIpc) is 3.31. The minimum atomic E-state index is -1.01. The molecule has 2 aromatic rings. The number of para-hydroxylation sites is 1. The van der Waals surface area contributed by atoms with Gasteiger partial charge in [0.25, 0.3) is 5.91 Å². The predicted octanol–water partition coefficient (Wildman–Crippen LogP) is 5.61. The van der Waals surface area contributed by atoms with Crippen molar-refractivity contribution >= 4 is 41.3 Å². The summed E-state index contributed by atoms with van der Waals surface area (Å²) in [4.78, 5) is 66.5. The molecule has 53 heavy (non-hydrogen) atoms. The number of rotatable bonds is 7. The third-order valence-electron chi connectivity index (χ3n) is 10.8. The molecular formula is C40H53ClN6O6. The number of halogens is 1. The number of carbonyl (C=O) groups is 3. The van der Waals surface area contributed by atoms with E-state index in [2.05, 4.69) is 16.2 Å². The minimum absolute atomic E-state index is 0.00143. The molecule has 13 heteroatoms. The molecule has 12 nitrogen and oxygen atoms in total. The Hall–Kier alpha value is -4.09. The minimum Gasteiger partial charge on any atom is -0.436 e. The van der Waals surface area contributed by atoms with Crippen LogP contribution in [0.1, 0.15) is 68.7 Å². The molecule has 286 valence electrons. The van der Waals surface area contributed by atoms with Crippen molar-refractivity contribution in [2.24, 2.45) is 0 Å². The van der Waals surface area contributed by atoms with Gasteiger partial charge in [0.2, 0.25) is 0 Å². The molecule has 1 unspecified atom stereocenters. The van der Waals surface area contributed by atoms with Gasteiger partial charge >= 0.3 is 12.1 Å². The maximum absolute atomic E-state index is 14.2. The van der Waals surface area contributed by atoms with Crippen LogP contribution in [-0.4, -0.2) is 125 Å². The van der Waals surface area contributed by atoms with Gasteiger partial charge in [0.05, 0.1) is 5.60 Å². The van der Waals surface area contributed by atoms with E-state index in [0.29, 0.717) is 82.3 Å². The highest BCUT2D eigenvalue weighted by molar-refractivity contribution is 6.32. The summed E-state index contributed by atoms with van der Waals surface area (Å²) in [7, 11) is 0. The number of nitrogens with zero attached hydrogens (tertiary/aromatic N) is 5. The molecule has 2 atom stereocenters. The molecule has 3 fully saturated rings. The van der Waals surface area contributed by atoms with Crippen molar-refractivity contribution in [3.63, 3.8) is 0 Å². The lowest BCUT2D eigenvalue weighted by Crippen LogP contribution is -2.56. The molecule has 4 aliphatic rings. The zero-order valence-corrected chi connectivity index (χ0v) is 32.4. The number of likely N-dealkylation sites (tertiary alicyclic amines) is 1. The smallest absolute Gasteiger partial charge is 0.410 e. The maximum Gasteiger partial charge on any atom is 0.410 e. The molecule has 4 amide bonds. The summed E-state index contributed by atoms with van der Waals surface area (Å²) in [5.41, 5.74) is 4.73. The SMILES string of the molecule is Cc1cc(C[C@@H](OC(=O)N2CCC(N3CCc4ccccc4NC3=O)CC2)C(=O)N2CCN(C3CCN(OC(C)(C)C)C(=C=O)C3)CC2)cc(C)c1Cl. The molecule has 0 radical (unpaired) electrons. The third-order valence-corrected chi connectivity index (χ3v) is 11.4. The van der Waals surface area contributed by atoms with E-state index < -0.39 is 17.8 Å². The molecule has 2 aromatic carbocycles. The maximum atomic E-state index is 14.2. The van der Waals surface area contributed by atoms with E-state index in [9.17, 15) is 19.2 Å². The Morgan fingerprint density at radius 1 is 0.925 bits per heavy atom. The van der Waals surface area contributed by atoms with Crippen molar-refractivity contribution in [2.75, 3.05) is 57.7 Å². The van der Waals surface area contributed by atoms with Crippen molar-refractivity contribution in [1.82, 2.24) is 24.7 Å². The highest BCUT2D eigenvalue weighted by Gasteiger charge is 2.37. The summed E-state index contributed by atoms with van der Waals surface area (Å²) >= 11 is 6.47. The van der Waals surface area contributed by atoms with E-state index in [1.165, 1.54) is 0 Å². The first-order chi connectivity index (χ1) is 25.3. The third kappa shape index (κ3) is 9.35. The topological polar surface area (TPSA) is 115 Å². The van der Waals surface area contributed by atoms with Gasteiger partial charge in [-0.05, 0) is 88.6 Å². The van der Waals surface area contributed by atoms with Gasteiger partial charge in [-0.3, -0.25) is 14.5 Å². The Morgan fingerprint density at radius 3 is 2.25 bits per heavy atom. The van der Waals surface area contributed by atoms with E-state index >= 15 is 0 Å². The monoisotopic (exact) mass is 748 g/mol. The van der Waals surface area contributed by atoms with Gasteiger partial charge < -0.3 is 24.8 Å². The van der Waals surface area contributed by atoms with Gasteiger partial charge in [0, 0.05) is 88.0 Å². The van der Waals surface area contributed by atoms with Gasteiger partial charge in [0.1, 0.15) is 11.6 Å². The van der Waals surface area contributed by atoms with Gasteiger partial charge in [-0.1, -0.05) is 41.9 Å². The van der Waals surface area contributed by atoms with Crippen LogP contribution in [0.4, 0.5) is 15.3 Å². The number of hydrogen-bond donors (Lipinski definition) is 1. The van der Waals surface area contributed by atoms with Crippen LogP contribution in [0, 0.1) is 13.8 Å². The first kappa shape index (κ1) is 38.6. The van der Waals surface area contributed by atoms with Crippen molar-refractivity contribution in [1.29, 1.82) is 0 Å². The van der Waals surface area contributed by atoms with Gasteiger partial charge in [0.15, 0.2) is 6.10 Å². The fraction of sp³-hybridized carbons (Fsp3) is 0.575. The van der Waals surface area contributed by atoms with E-state index in [4.69, 9.17) is 21.2 Å². The summed E-state index contributed by atoms with van der Waals surface area (Å²) in [6, 6.07) is 11.8. The summed E-state index contributed by atoms with van der Waals surface area (Å²) in [6.07, 6.45) is 2.08. The first-order valence-corrected chi connectivity index (χ1v) is 19.3. The number of aryl methyl sites for hydroxylation is 2. The Balaban J connectivity index is 1.07. The number of anilines is 1. The Bertz CT molecular complexity index is 1700. The zero-order chi connectivity index (χ0) is 37.9. The molecule has 0 bridgehead atoms. The molecule has 1 N–H and O–H groups in total. The molecular weight excluding hydrogens is 696 g/mol. The summed E-state index contributed by atoms with van der Waals surface area (Å²) in [6.45, 7) is 14.0. The van der Waals surface area contributed by atoms with Gasteiger partial charge in [-0.25, -0.2) is 19.4 Å². The Morgan fingerprint density at radius 2 is 1.58 bits per heavy atom. The van der Waals surface area contributed by atoms with Crippen molar-refractivity contribution < 1.29 is 28.8 Å². The van der Waals surface area contributed by atoms with Crippen LogP contribution in [0.15, 0.2) is 42.1 Å². The van der Waals surface area contributed by atoms with Crippen LogP contribution < -0.4 is 5.32 Å². The quantitative estimate of drug-likeness (QED) is 0.364. The second-order valence-corrected chi connectivity index (χ2v) is 16.1. The summed E-state index contributed by atoms with van der Waals surface area (Å²) in [5.74, 6) is 1.87. The molecule has 6 rings (SSSR count). The van der Waals surface area contributed by atoms with Crippen molar-refractivity contribution in [3.05, 3.63) is 69.4 Å². The average molecular weight is 749 g/mol. The van der Waals surface area contributed by atoms with Crippen LogP contribution >= 0.6 is 11.6 Å². The second-order valence-electron chi connectivity index (χ2n) is 15.7. The normalized spacial score (nSPS) is 21.1. The first-order valence-electron chi connectivity index (χ1n) is 18.9. The Labute approximate surface area is 317 Å². The molecule has 4 aliphatic heterocycles. The number of urea groups is 1. The fourth-order valence-corrected chi connectivity index (χ4v) is 8.13. The van der Waals surface area contributed by atoms with Gasteiger partial charge in [-0.15, -0.1) is 0 Å². The van der Waals surface area contributed by atoms with E-state index in [1.54, 1.807) is 14.9 Å². The standard InChI is InChI=1S/C40H53ClN6O6/c1-27-22-29(23-28(2)36(27)41)24-35(37(49)44-20-18-43(19-21-44)32-13-17-47(33(25-32)26-48)53-40(3,4)5)52-39(51)45-14-11-31(12-15-45)46-16-10-30-8-6-7-9-34(30)42-38(46)50/h6-9,22-23,31-32,35H,10-21,24-25H2,1-5H3,(H,42,50)/t32?,35-/m1/s1. The number of piperidine rings is 2. The van der Waals surface area contributed by atoms with E-state index in [-0.39, 0.29) is 30.4 Å². The lowest BCUT2D eigenvalue weighted by atomic mass is 10.00. The van der Waals surface area contributed by atoms with E-state index in [0.717, 1.165) is 40.8 Å². The largest absolute Gasteiger partial charge is 0.436 e. The molecule has 0 spiro atoms. The lowest BCUT2D eigenvalue weighted by Gasteiger charge is -2.44. The number of fused-ring (bicyclic) bond motifs is 1. The number of piperazine rings is 1. The van der Waals surface area contributed by atoms with Crippen LogP contribution in [0.2, 0.25) is 5.02 Å². The lowest BCUT2D eigenvalue weighted by molar-refractivity contribution is -0.216. The molecule has 4 heterocycles. The van der Waals surface area contributed by atoms with Crippen LogP contribution in [0.5, 0.6) is 0 Å². The highest BCUT2D eigenvalue weighted by Crippen LogP contribution is 2.29. The predicted molar refractivity (Wildman–Crippen MR) is 203 cm³/mol. The molecule has 0 saturated carbocycles. The highest BCUT2D eigenvalue weighted by atomic mass is 35.5. The number of benzene rings is 2. The van der Waals surface area contributed by atoms with Crippen molar-refractivity contribution in [2.45, 2.75) is 96.9 Å². The molecule has 0 aromatic heterocycles. The summed E-state index contributed by atoms with van der Waals surface area (Å²) in [5, 5.41) is 5.40. The van der Waals surface area contributed by atoms with Crippen LogP contribution in [-0.2, 0) is 32.0 Å². The zero-order valence-electron chi connectivity index (χ0n) is 31.7. The fourth-order valence-electron chi connectivity index (χ4n) is 8.02. The Kier molecular flexibility index (Phi) is 12.0. The van der Waals surface area contributed by atoms with Crippen molar-refractivity contribution in [3.8, 4) is 0 Å². The van der Waals surface area contributed by atoms with Crippen LogP contribution in [0.25, 0.3) is 0 Å². The van der Waals surface area contributed by atoms with E-state index in [1.807, 2.05) is 75.9 Å². The van der Waals surface area contributed by atoms with Crippen LogP contribution in [0.3, 0.4) is 0 Å². The molecule has 0 aliphatic carbocycles.